The van der Waals surface area contributed by atoms with Crippen LogP contribution < -0.4 is 11.5 Å². The van der Waals surface area contributed by atoms with Gasteiger partial charge in [0.25, 0.3) is 5.91 Å². The summed E-state index contributed by atoms with van der Waals surface area (Å²) in [6.07, 6.45) is -5.08. The Hall–Kier alpha value is -2.10. The maximum atomic E-state index is 10.6. The normalized spacial score (nSPS) is 10.4. The van der Waals surface area contributed by atoms with Crippen LogP contribution in [0.5, 0.6) is 0 Å². The molecule has 0 radical (unpaired) electrons. The Morgan fingerprint density at radius 2 is 1.94 bits per heavy atom. The van der Waals surface area contributed by atoms with Crippen molar-refractivity contribution in [2.24, 2.45) is 11.5 Å². The lowest BCUT2D eigenvalue weighted by molar-refractivity contribution is -0.192. The van der Waals surface area contributed by atoms with Crippen LogP contribution in [0.15, 0.2) is 10.6 Å². The minimum Gasteiger partial charge on any atom is -0.475 e. The van der Waals surface area contributed by atoms with Crippen LogP contribution in [0.3, 0.4) is 0 Å². The Bertz CT molecular complexity index is 401. The molecule has 5 N–H and O–H groups in total. The van der Waals surface area contributed by atoms with Crippen LogP contribution in [0.25, 0.3) is 0 Å². The van der Waals surface area contributed by atoms with Crippen LogP contribution in [0.4, 0.5) is 13.2 Å². The maximum absolute atomic E-state index is 10.6. The van der Waals surface area contributed by atoms with Gasteiger partial charge in [0.2, 0.25) is 0 Å². The van der Waals surface area contributed by atoms with Gasteiger partial charge in [-0.2, -0.15) is 13.2 Å². The maximum Gasteiger partial charge on any atom is 0.490 e. The summed E-state index contributed by atoms with van der Waals surface area (Å²) in [7, 11) is 0. The van der Waals surface area contributed by atoms with E-state index in [2.05, 4.69) is 9.68 Å². The van der Waals surface area contributed by atoms with Crippen molar-refractivity contribution in [1.29, 1.82) is 0 Å². The van der Waals surface area contributed by atoms with Crippen molar-refractivity contribution in [1.82, 2.24) is 5.16 Å². The van der Waals surface area contributed by atoms with E-state index in [0.29, 0.717) is 5.76 Å². The summed E-state index contributed by atoms with van der Waals surface area (Å²) in [5.41, 5.74) is 10.2. The fraction of sp³-hybridized carbons (Fsp3) is 0.286. The Labute approximate surface area is 92.2 Å². The molecule has 1 aromatic rings. The Balaban J connectivity index is 0.000000325. The van der Waals surface area contributed by atoms with Crippen LogP contribution in [-0.4, -0.2) is 28.3 Å². The third-order valence-electron chi connectivity index (χ3n) is 1.26. The van der Waals surface area contributed by atoms with Crippen LogP contribution in [0.2, 0.25) is 0 Å². The molecule has 1 heterocycles. The molecule has 0 aliphatic heterocycles. The van der Waals surface area contributed by atoms with E-state index in [0.717, 1.165) is 0 Å². The number of halogens is 3. The molecule has 0 unspecified atom stereocenters. The van der Waals surface area contributed by atoms with Crippen LogP contribution in [-0.2, 0) is 11.3 Å². The third kappa shape index (κ3) is 5.51. The number of hydrogen-bond acceptors (Lipinski definition) is 5. The number of carbonyl (C=O) groups excluding carboxylic acids is 1. The fourth-order valence-corrected chi connectivity index (χ4v) is 0.525. The molecule has 0 fully saturated rings. The molecule has 1 aromatic heterocycles. The number of alkyl halides is 3. The van der Waals surface area contributed by atoms with E-state index in [1.807, 2.05) is 0 Å². The van der Waals surface area contributed by atoms with Crippen molar-refractivity contribution in [2.45, 2.75) is 12.7 Å². The first-order chi connectivity index (χ1) is 7.68. The van der Waals surface area contributed by atoms with Gasteiger partial charge in [0.1, 0.15) is 0 Å². The number of carbonyl (C=O) groups is 2. The number of amides is 1. The van der Waals surface area contributed by atoms with Gasteiger partial charge in [-0.05, 0) is 0 Å². The summed E-state index contributed by atoms with van der Waals surface area (Å²) in [6.45, 7) is 0.222. The molecule has 1 amide bonds. The number of hydrogen-bond donors (Lipinski definition) is 3. The lowest BCUT2D eigenvalue weighted by Gasteiger charge is -1.93. The monoisotopic (exact) mass is 255 g/mol. The minimum atomic E-state index is -5.08. The molecule has 0 aliphatic rings. The predicted octanol–water partition coefficient (Wildman–Crippen LogP) is -0.134. The molecule has 0 aliphatic carbocycles. The van der Waals surface area contributed by atoms with Crippen LogP contribution >= 0.6 is 0 Å². The summed E-state index contributed by atoms with van der Waals surface area (Å²) >= 11 is 0. The SMILES string of the molecule is NCc1cc(C(N)=O)no1.O=C(O)C(F)(F)F. The summed E-state index contributed by atoms with van der Waals surface area (Å²) < 4.78 is 36.3. The number of carboxylic acids is 1. The van der Waals surface area contributed by atoms with Gasteiger partial charge in [0.15, 0.2) is 11.5 Å². The molecule has 7 nitrogen and oxygen atoms in total. The number of carboxylic acid groups (broad SMARTS) is 1. The summed E-state index contributed by atoms with van der Waals surface area (Å²) in [6, 6.07) is 1.42. The van der Waals surface area contributed by atoms with E-state index in [-0.39, 0.29) is 12.2 Å². The fourth-order valence-electron chi connectivity index (χ4n) is 0.525. The number of nitrogens with zero attached hydrogens (tertiary/aromatic N) is 1. The minimum absolute atomic E-state index is 0.112. The summed E-state index contributed by atoms with van der Waals surface area (Å²) in [5.74, 6) is -2.91. The second-order valence-corrected chi connectivity index (χ2v) is 2.55. The van der Waals surface area contributed by atoms with E-state index in [9.17, 15) is 18.0 Å². The lowest BCUT2D eigenvalue weighted by atomic mass is 10.3. The first kappa shape index (κ1) is 14.9. The summed E-state index contributed by atoms with van der Waals surface area (Å²) in [5, 5.41) is 10.5. The van der Waals surface area contributed by atoms with Crippen molar-refractivity contribution < 1.29 is 32.4 Å². The van der Waals surface area contributed by atoms with Gasteiger partial charge in [-0.1, -0.05) is 5.16 Å². The standard InChI is InChI=1S/C5H7N3O2.C2HF3O2/c6-2-3-1-4(5(7)9)8-10-3;3-2(4,5)1(6)7/h1H,2,6H2,(H2,7,9);(H,6,7). The van der Waals surface area contributed by atoms with Crippen molar-refractivity contribution in [3.8, 4) is 0 Å². The highest BCUT2D eigenvalue weighted by Gasteiger charge is 2.38. The highest BCUT2D eigenvalue weighted by molar-refractivity contribution is 5.90. The van der Waals surface area contributed by atoms with Gasteiger partial charge in [-0.25, -0.2) is 4.79 Å². The van der Waals surface area contributed by atoms with Crippen molar-refractivity contribution in [2.75, 3.05) is 0 Å². The molecule has 17 heavy (non-hydrogen) atoms. The second kappa shape index (κ2) is 5.84. The zero-order valence-electron chi connectivity index (χ0n) is 8.19. The Morgan fingerprint density at radius 3 is 2.12 bits per heavy atom. The molecule has 10 heteroatoms. The molecule has 0 saturated carbocycles. The van der Waals surface area contributed by atoms with Gasteiger partial charge in [-0.3, -0.25) is 4.79 Å². The average Bonchev–Trinajstić information content (AvgIpc) is 2.65. The van der Waals surface area contributed by atoms with E-state index in [1.165, 1.54) is 6.07 Å². The number of aliphatic carboxylic acids is 1. The lowest BCUT2D eigenvalue weighted by Crippen LogP contribution is -2.21. The van der Waals surface area contributed by atoms with E-state index in [1.54, 1.807) is 0 Å². The van der Waals surface area contributed by atoms with Crippen molar-refractivity contribution >= 4 is 11.9 Å². The molecule has 0 saturated heterocycles. The number of aromatic nitrogens is 1. The zero-order valence-corrected chi connectivity index (χ0v) is 8.19. The molecular weight excluding hydrogens is 247 g/mol. The molecule has 0 aromatic carbocycles. The molecule has 96 valence electrons. The zero-order chi connectivity index (χ0) is 13.6. The van der Waals surface area contributed by atoms with E-state index >= 15 is 0 Å². The van der Waals surface area contributed by atoms with Crippen LogP contribution in [0, 0.1) is 0 Å². The number of rotatable bonds is 2. The van der Waals surface area contributed by atoms with Crippen LogP contribution in [0.1, 0.15) is 16.2 Å². The van der Waals surface area contributed by atoms with Crippen molar-refractivity contribution in [3.05, 3.63) is 17.5 Å². The first-order valence-electron chi connectivity index (χ1n) is 3.94. The largest absolute Gasteiger partial charge is 0.490 e. The van der Waals surface area contributed by atoms with E-state index in [4.69, 9.17) is 21.4 Å². The topological polar surface area (TPSA) is 132 Å². The van der Waals surface area contributed by atoms with Gasteiger partial charge in [0, 0.05) is 6.07 Å². The van der Waals surface area contributed by atoms with E-state index < -0.39 is 18.1 Å². The highest BCUT2D eigenvalue weighted by atomic mass is 19.4. The number of primary amides is 1. The quantitative estimate of drug-likeness (QED) is 0.673. The smallest absolute Gasteiger partial charge is 0.475 e. The summed E-state index contributed by atoms with van der Waals surface area (Å²) in [4.78, 5) is 19.3. The van der Waals surface area contributed by atoms with Crippen molar-refractivity contribution in [3.63, 3.8) is 0 Å². The third-order valence-corrected chi connectivity index (χ3v) is 1.26. The molecular formula is C7H8F3N3O4. The average molecular weight is 255 g/mol. The van der Waals surface area contributed by atoms with Gasteiger partial charge in [-0.15, -0.1) is 0 Å². The predicted molar refractivity (Wildman–Crippen MR) is 46.6 cm³/mol. The Kier molecular flexibility index (Phi) is 5.12. The second-order valence-electron chi connectivity index (χ2n) is 2.55. The molecule has 1 rings (SSSR count). The van der Waals surface area contributed by atoms with Gasteiger partial charge in [0.05, 0.1) is 6.54 Å². The Morgan fingerprint density at radius 1 is 1.47 bits per heavy atom. The number of nitrogens with two attached hydrogens (primary N) is 2. The molecule has 0 bridgehead atoms. The molecule has 0 atom stereocenters. The van der Waals surface area contributed by atoms with Gasteiger partial charge < -0.3 is 21.1 Å². The first-order valence-corrected chi connectivity index (χ1v) is 3.94. The van der Waals surface area contributed by atoms with Gasteiger partial charge >= 0.3 is 12.1 Å². The molecule has 0 spiro atoms. The highest BCUT2D eigenvalue weighted by Crippen LogP contribution is 2.13.